The summed E-state index contributed by atoms with van der Waals surface area (Å²) in [5.41, 5.74) is 7.86. The summed E-state index contributed by atoms with van der Waals surface area (Å²) in [6.45, 7) is 4.82. The number of hydrogen-bond donors (Lipinski definition) is 1. The smallest absolute Gasteiger partial charge is 0.140 e. The SMILES string of the molecule is Cc1ncccc1OC1CCN(Cc2ccnc(N)c2)C1. The molecule has 1 unspecified atom stereocenters. The molecule has 3 rings (SSSR count). The van der Waals surface area contributed by atoms with E-state index in [0.29, 0.717) is 5.82 Å². The number of pyridine rings is 2. The van der Waals surface area contributed by atoms with Crippen molar-refractivity contribution in [3.63, 3.8) is 0 Å². The normalized spacial score (nSPS) is 18.8. The van der Waals surface area contributed by atoms with Gasteiger partial charge in [-0.25, -0.2) is 4.98 Å². The Balaban J connectivity index is 1.57. The van der Waals surface area contributed by atoms with Crippen LogP contribution in [0, 0.1) is 6.92 Å². The minimum atomic E-state index is 0.229. The van der Waals surface area contributed by atoms with Gasteiger partial charge in [-0.15, -0.1) is 0 Å². The summed E-state index contributed by atoms with van der Waals surface area (Å²) in [5.74, 6) is 1.46. The number of nitrogens with zero attached hydrogens (tertiary/aromatic N) is 3. The average Bonchev–Trinajstić information content (AvgIpc) is 2.89. The maximum Gasteiger partial charge on any atom is 0.140 e. The van der Waals surface area contributed by atoms with Crippen LogP contribution in [0.25, 0.3) is 0 Å². The number of aromatic nitrogens is 2. The topological polar surface area (TPSA) is 64.3 Å². The second-order valence-corrected chi connectivity index (χ2v) is 5.44. The molecule has 21 heavy (non-hydrogen) atoms. The van der Waals surface area contributed by atoms with Crippen molar-refractivity contribution in [3.8, 4) is 5.75 Å². The summed E-state index contributed by atoms with van der Waals surface area (Å²) in [6.07, 6.45) is 4.81. The maximum absolute atomic E-state index is 6.06. The molecular weight excluding hydrogens is 264 g/mol. The van der Waals surface area contributed by atoms with E-state index >= 15 is 0 Å². The number of ether oxygens (including phenoxy) is 1. The van der Waals surface area contributed by atoms with E-state index < -0.39 is 0 Å². The standard InChI is InChI=1S/C16H20N4O/c1-12-15(3-2-6-18-12)21-14-5-8-20(11-14)10-13-4-7-19-16(17)9-13/h2-4,6-7,9,14H,5,8,10-11H2,1H3,(H2,17,19). The Hall–Kier alpha value is -2.14. The highest BCUT2D eigenvalue weighted by Gasteiger charge is 2.24. The van der Waals surface area contributed by atoms with Crippen molar-refractivity contribution < 1.29 is 4.74 Å². The van der Waals surface area contributed by atoms with Crippen molar-refractivity contribution in [3.05, 3.63) is 47.9 Å². The first-order valence-corrected chi connectivity index (χ1v) is 7.22. The monoisotopic (exact) mass is 284 g/mol. The lowest BCUT2D eigenvalue weighted by Gasteiger charge is -2.17. The number of hydrogen-bond acceptors (Lipinski definition) is 5. The molecule has 1 fully saturated rings. The first kappa shape index (κ1) is 13.8. The number of anilines is 1. The Labute approximate surface area is 124 Å². The lowest BCUT2D eigenvalue weighted by Crippen LogP contribution is -2.24. The molecule has 1 saturated heterocycles. The Morgan fingerprint density at radius 2 is 2.24 bits per heavy atom. The largest absolute Gasteiger partial charge is 0.487 e. The van der Waals surface area contributed by atoms with Crippen LogP contribution in [0.2, 0.25) is 0 Å². The summed E-state index contributed by atoms with van der Waals surface area (Å²) in [6, 6.07) is 7.83. The third-order valence-corrected chi connectivity index (χ3v) is 3.73. The van der Waals surface area contributed by atoms with Gasteiger partial charge in [0, 0.05) is 32.0 Å². The molecule has 3 heterocycles. The highest BCUT2D eigenvalue weighted by Crippen LogP contribution is 2.21. The quantitative estimate of drug-likeness (QED) is 0.930. The molecule has 110 valence electrons. The zero-order chi connectivity index (χ0) is 14.7. The third-order valence-electron chi connectivity index (χ3n) is 3.73. The van der Waals surface area contributed by atoms with E-state index in [1.165, 1.54) is 5.56 Å². The molecule has 5 nitrogen and oxygen atoms in total. The summed E-state index contributed by atoms with van der Waals surface area (Å²) in [5, 5.41) is 0. The Bertz CT molecular complexity index is 617. The van der Waals surface area contributed by atoms with Crippen LogP contribution in [-0.4, -0.2) is 34.1 Å². The molecule has 0 bridgehead atoms. The van der Waals surface area contributed by atoms with Gasteiger partial charge < -0.3 is 10.5 Å². The highest BCUT2D eigenvalue weighted by molar-refractivity contribution is 5.31. The molecule has 0 saturated carbocycles. The van der Waals surface area contributed by atoms with Crippen LogP contribution in [0.1, 0.15) is 17.7 Å². The van der Waals surface area contributed by atoms with Crippen LogP contribution in [0.15, 0.2) is 36.7 Å². The Morgan fingerprint density at radius 3 is 3.05 bits per heavy atom. The van der Waals surface area contributed by atoms with Gasteiger partial charge in [0.05, 0.1) is 5.69 Å². The van der Waals surface area contributed by atoms with Crippen LogP contribution in [0.5, 0.6) is 5.75 Å². The zero-order valence-electron chi connectivity index (χ0n) is 12.2. The van der Waals surface area contributed by atoms with Gasteiger partial charge in [-0.3, -0.25) is 9.88 Å². The molecule has 0 aromatic carbocycles. The van der Waals surface area contributed by atoms with Gasteiger partial charge in [0.15, 0.2) is 0 Å². The number of likely N-dealkylation sites (tertiary alicyclic amines) is 1. The molecule has 0 spiro atoms. The molecular formula is C16H20N4O. The zero-order valence-corrected chi connectivity index (χ0v) is 12.2. The third kappa shape index (κ3) is 3.49. The first-order valence-electron chi connectivity index (χ1n) is 7.22. The van der Waals surface area contributed by atoms with Gasteiger partial charge >= 0.3 is 0 Å². The summed E-state index contributed by atoms with van der Waals surface area (Å²) in [4.78, 5) is 10.7. The second-order valence-electron chi connectivity index (χ2n) is 5.44. The molecule has 1 aliphatic rings. The van der Waals surface area contributed by atoms with Gasteiger partial charge in [0.2, 0.25) is 0 Å². The summed E-state index contributed by atoms with van der Waals surface area (Å²) < 4.78 is 6.06. The Morgan fingerprint density at radius 1 is 1.33 bits per heavy atom. The molecule has 2 N–H and O–H groups in total. The van der Waals surface area contributed by atoms with Gasteiger partial charge in [-0.2, -0.15) is 0 Å². The molecule has 5 heteroatoms. The molecule has 2 aromatic rings. The fourth-order valence-electron chi connectivity index (χ4n) is 2.66. The number of aryl methyl sites for hydroxylation is 1. The molecule has 2 aromatic heterocycles. The first-order chi connectivity index (χ1) is 10.2. The van der Waals surface area contributed by atoms with Crippen molar-refractivity contribution in [2.24, 2.45) is 0 Å². The molecule has 1 atom stereocenters. The van der Waals surface area contributed by atoms with E-state index in [9.17, 15) is 0 Å². The molecule has 0 amide bonds. The fraction of sp³-hybridized carbons (Fsp3) is 0.375. The summed E-state index contributed by atoms with van der Waals surface area (Å²) in [7, 11) is 0. The van der Waals surface area contributed by atoms with E-state index in [1.54, 1.807) is 12.4 Å². The van der Waals surface area contributed by atoms with Crippen LogP contribution < -0.4 is 10.5 Å². The second kappa shape index (κ2) is 6.10. The van der Waals surface area contributed by atoms with Gasteiger partial charge in [-0.05, 0) is 43.2 Å². The highest BCUT2D eigenvalue weighted by atomic mass is 16.5. The predicted octanol–water partition coefficient (Wildman–Crippen LogP) is 2.02. The molecule has 0 radical (unpaired) electrons. The lowest BCUT2D eigenvalue weighted by atomic mass is 10.2. The van der Waals surface area contributed by atoms with Crippen LogP contribution in [0.3, 0.4) is 0 Å². The van der Waals surface area contributed by atoms with E-state index in [1.807, 2.05) is 31.2 Å². The van der Waals surface area contributed by atoms with Crippen LogP contribution in [0.4, 0.5) is 5.82 Å². The van der Waals surface area contributed by atoms with Crippen molar-refractivity contribution in [2.75, 3.05) is 18.8 Å². The van der Waals surface area contributed by atoms with Gasteiger partial charge in [-0.1, -0.05) is 0 Å². The van der Waals surface area contributed by atoms with E-state index in [2.05, 4.69) is 14.9 Å². The van der Waals surface area contributed by atoms with Crippen LogP contribution >= 0.6 is 0 Å². The molecule has 1 aliphatic heterocycles. The minimum Gasteiger partial charge on any atom is -0.487 e. The average molecular weight is 284 g/mol. The number of rotatable bonds is 4. The van der Waals surface area contributed by atoms with E-state index in [0.717, 1.165) is 37.5 Å². The van der Waals surface area contributed by atoms with E-state index in [4.69, 9.17) is 10.5 Å². The number of nitrogens with two attached hydrogens (primary N) is 1. The summed E-state index contributed by atoms with van der Waals surface area (Å²) >= 11 is 0. The van der Waals surface area contributed by atoms with Crippen molar-refractivity contribution in [2.45, 2.75) is 26.0 Å². The number of nitrogen functional groups attached to an aromatic ring is 1. The van der Waals surface area contributed by atoms with E-state index in [-0.39, 0.29) is 6.10 Å². The van der Waals surface area contributed by atoms with Crippen LogP contribution in [-0.2, 0) is 6.54 Å². The minimum absolute atomic E-state index is 0.229. The van der Waals surface area contributed by atoms with Gasteiger partial charge in [0.1, 0.15) is 17.7 Å². The van der Waals surface area contributed by atoms with Crippen molar-refractivity contribution in [1.82, 2.24) is 14.9 Å². The maximum atomic E-state index is 6.06. The molecule has 0 aliphatic carbocycles. The Kier molecular flexibility index (Phi) is 4.01. The fourth-order valence-corrected chi connectivity index (χ4v) is 2.66. The predicted molar refractivity (Wildman–Crippen MR) is 81.9 cm³/mol. The van der Waals surface area contributed by atoms with Gasteiger partial charge in [0.25, 0.3) is 0 Å². The van der Waals surface area contributed by atoms with Crippen molar-refractivity contribution in [1.29, 1.82) is 0 Å². The van der Waals surface area contributed by atoms with Crippen molar-refractivity contribution >= 4 is 5.82 Å². The lowest BCUT2D eigenvalue weighted by molar-refractivity contribution is 0.196.